The fourth-order valence-corrected chi connectivity index (χ4v) is 19.7. The third-order valence-electron chi connectivity index (χ3n) is 6.43. The summed E-state index contributed by atoms with van der Waals surface area (Å²) >= 11 is 0. The molecule has 1 aliphatic rings. The fourth-order valence-electron chi connectivity index (χ4n) is 4.61. The minimum Gasteiger partial charge on any atom is -0.461 e. The summed E-state index contributed by atoms with van der Waals surface area (Å²) in [5.74, 6) is -0.547. The smallest absolute Gasteiger partial charge is 0.407 e. The van der Waals surface area contributed by atoms with Crippen molar-refractivity contribution in [1.82, 2.24) is 10.6 Å². The SMILES string of the molecule is C=CC(=O)OCCNC(=O)OCCC[Si]1(C)OCCCC[Si](C)(CCCNC(C)=O)O[Si](C)(CCCOC)O1. The lowest BCUT2D eigenvalue weighted by Gasteiger charge is -2.43. The molecule has 3 atom stereocenters. The van der Waals surface area contributed by atoms with Crippen LogP contribution in [0.2, 0.25) is 43.8 Å². The molecule has 0 aromatic carbocycles. The number of esters is 1. The van der Waals surface area contributed by atoms with Gasteiger partial charge in [0.2, 0.25) is 5.91 Å². The lowest BCUT2D eigenvalue weighted by Crippen LogP contribution is -2.57. The minimum absolute atomic E-state index is 0.00907. The Morgan fingerprint density at radius 1 is 0.872 bits per heavy atom. The van der Waals surface area contributed by atoms with Gasteiger partial charge in [0, 0.05) is 39.9 Å². The lowest BCUT2D eigenvalue weighted by molar-refractivity contribution is -0.137. The van der Waals surface area contributed by atoms with E-state index in [-0.39, 0.29) is 25.7 Å². The normalized spacial score (nSPS) is 25.8. The van der Waals surface area contributed by atoms with E-state index in [0.29, 0.717) is 32.2 Å². The van der Waals surface area contributed by atoms with E-state index in [0.717, 1.165) is 49.9 Å². The molecule has 1 heterocycles. The highest BCUT2D eigenvalue weighted by atomic mass is 28.5. The highest BCUT2D eigenvalue weighted by Crippen LogP contribution is 2.34. The Kier molecular flexibility index (Phi) is 17.0. The average molecular weight is 607 g/mol. The number of nitrogens with one attached hydrogen (secondary N) is 2. The molecule has 1 rings (SSSR count). The maximum Gasteiger partial charge on any atom is 0.407 e. The van der Waals surface area contributed by atoms with Gasteiger partial charge in [0.05, 0.1) is 13.2 Å². The monoisotopic (exact) mass is 606 g/mol. The zero-order valence-corrected chi connectivity index (χ0v) is 27.6. The van der Waals surface area contributed by atoms with Crippen LogP contribution >= 0.6 is 0 Å². The third kappa shape index (κ3) is 16.3. The maximum absolute atomic E-state index is 12.0. The Bertz CT molecular complexity index is 779. The third-order valence-corrected chi connectivity index (χ3v) is 19.7. The molecule has 3 unspecified atom stereocenters. The summed E-state index contributed by atoms with van der Waals surface area (Å²) in [5, 5.41) is 5.45. The van der Waals surface area contributed by atoms with Crippen molar-refractivity contribution in [2.24, 2.45) is 0 Å². The second kappa shape index (κ2) is 18.7. The van der Waals surface area contributed by atoms with Gasteiger partial charge in [-0.15, -0.1) is 0 Å². The highest BCUT2D eigenvalue weighted by molar-refractivity contribution is 6.87. The lowest BCUT2D eigenvalue weighted by atomic mass is 10.4. The zero-order valence-electron chi connectivity index (χ0n) is 24.6. The van der Waals surface area contributed by atoms with Crippen molar-refractivity contribution < 1.29 is 41.3 Å². The molecule has 11 nitrogen and oxygen atoms in total. The number of carbonyl (C=O) groups is 3. The Labute approximate surface area is 237 Å². The predicted octanol–water partition coefficient (Wildman–Crippen LogP) is 3.96. The van der Waals surface area contributed by atoms with Gasteiger partial charge in [-0.2, -0.15) is 0 Å². The second-order valence-corrected chi connectivity index (χ2v) is 21.8. The number of ether oxygens (including phenoxy) is 3. The molecule has 1 aliphatic heterocycles. The van der Waals surface area contributed by atoms with Crippen molar-refractivity contribution in [3.05, 3.63) is 12.7 Å². The molecular weight excluding hydrogens is 557 g/mol. The van der Waals surface area contributed by atoms with Crippen molar-refractivity contribution in [3.8, 4) is 0 Å². The van der Waals surface area contributed by atoms with Gasteiger partial charge in [0.25, 0.3) is 0 Å². The van der Waals surface area contributed by atoms with E-state index in [4.69, 9.17) is 26.9 Å². The minimum atomic E-state index is -2.62. The summed E-state index contributed by atoms with van der Waals surface area (Å²) < 4.78 is 35.9. The molecule has 0 aromatic heterocycles. The van der Waals surface area contributed by atoms with Gasteiger partial charge in [0.15, 0.2) is 8.32 Å². The highest BCUT2D eigenvalue weighted by Gasteiger charge is 2.47. The number of rotatable bonds is 16. The molecule has 0 spiro atoms. The van der Waals surface area contributed by atoms with Crippen molar-refractivity contribution >= 4 is 43.4 Å². The first kappa shape index (κ1) is 35.5. The van der Waals surface area contributed by atoms with Crippen LogP contribution in [-0.2, 0) is 36.5 Å². The summed E-state index contributed by atoms with van der Waals surface area (Å²) in [6, 6.07) is 3.50. The first-order valence-corrected chi connectivity index (χ1v) is 21.8. The van der Waals surface area contributed by atoms with Crippen LogP contribution in [0, 0.1) is 0 Å². The number of carbonyl (C=O) groups excluding carboxylic acids is 3. The summed E-state index contributed by atoms with van der Waals surface area (Å²) in [5.41, 5.74) is 0. The molecule has 2 N–H and O–H groups in total. The van der Waals surface area contributed by atoms with Gasteiger partial charge in [-0.05, 0) is 69.5 Å². The molecule has 14 heteroatoms. The summed E-state index contributed by atoms with van der Waals surface area (Å²) in [6.07, 6.45) is 4.85. The average Bonchev–Trinajstić information content (AvgIpc) is 2.86. The maximum atomic E-state index is 12.0. The van der Waals surface area contributed by atoms with Crippen LogP contribution in [0.5, 0.6) is 0 Å². The van der Waals surface area contributed by atoms with E-state index in [1.54, 1.807) is 14.0 Å². The van der Waals surface area contributed by atoms with Gasteiger partial charge in [-0.25, -0.2) is 9.59 Å². The largest absolute Gasteiger partial charge is 0.461 e. The van der Waals surface area contributed by atoms with Crippen molar-refractivity contribution in [2.75, 3.05) is 46.6 Å². The van der Waals surface area contributed by atoms with E-state index < -0.39 is 37.5 Å². The molecule has 0 bridgehead atoms. The van der Waals surface area contributed by atoms with Gasteiger partial charge >= 0.3 is 29.2 Å². The summed E-state index contributed by atoms with van der Waals surface area (Å²) in [6.45, 7) is 13.8. The number of amides is 2. The Balaban J connectivity index is 2.76. The molecule has 1 fully saturated rings. The van der Waals surface area contributed by atoms with Crippen molar-refractivity contribution in [3.63, 3.8) is 0 Å². The molecule has 0 aromatic rings. The van der Waals surface area contributed by atoms with Crippen molar-refractivity contribution in [2.45, 2.75) is 82.8 Å². The first-order chi connectivity index (χ1) is 18.4. The molecule has 0 radical (unpaired) electrons. The molecule has 39 heavy (non-hydrogen) atoms. The van der Waals surface area contributed by atoms with E-state index in [9.17, 15) is 14.4 Å². The zero-order chi connectivity index (χ0) is 29.2. The predicted molar refractivity (Wildman–Crippen MR) is 156 cm³/mol. The standard InChI is InChI=1S/C25H50N2O9Si3/c1-7-24(29)32-18-14-27-25(30)33-16-12-21-38(5)34-17-8-9-19-37(4,20-10-13-26-23(2)28)35-39(6,36-38)22-11-15-31-3/h7H,1,8-22H2,2-6H3,(H,26,28)(H,27,30). The number of methoxy groups -OCH3 is 1. The van der Waals surface area contributed by atoms with Crippen LogP contribution in [0.15, 0.2) is 12.7 Å². The quantitative estimate of drug-likeness (QED) is 0.116. The number of hydrogen-bond donors (Lipinski definition) is 2. The first-order valence-electron chi connectivity index (χ1n) is 13.9. The second-order valence-electron chi connectivity index (χ2n) is 10.4. The molecule has 1 saturated heterocycles. The van der Waals surface area contributed by atoms with Crippen LogP contribution in [0.3, 0.4) is 0 Å². The molecular formula is C25H50N2O9Si3. The Hall–Kier alpha value is -1.56. The molecule has 226 valence electrons. The van der Waals surface area contributed by atoms with Gasteiger partial charge in [-0.1, -0.05) is 13.0 Å². The number of hydrogen-bond acceptors (Lipinski definition) is 9. The number of alkyl carbamates (subject to hydrolysis) is 1. The molecule has 2 amide bonds. The van der Waals surface area contributed by atoms with Crippen LogP contribution in [0.1, 0.15) is 39.0 Å². The topological polar surface area (TPSA) is 131 Å². The van der Waals surface area contributed by atoms with E-state index in [2.05, 4.69) is 36.9 Å². The summed E-state index contributed by atoms with van der Waals surface area (Å²) in [4.78, 5) is 34.3. The van der Waals surface area contributed by atoms with E-state index in [1.165, 1.54) is 0 Å². The van der Waals surface area contributed by atoms with Crippen LogP contribution in [0.4, 0.5) is 4.79 Å². The van der Waals surface area contributed by atoms with E-state index in [1.807, 2.05) is 0 Å². The fraction of sp³-hybridized carbons (Fsp3) is 0.800. The van der Waals surface area contributed by atoms with Crippen LogP contribution in [0.25, 0.3) is 0 Å². The van der Waals surface area contributed by atoms with E-state index >= 15 is 0 Å². The molecule has 0 aliphatic carbocycles. The van der Waals surface area contributed by atoms with Gasteiger partial charge in [-0.3, -0.25) is 4.79 Å². The molecule has 0 saturated carbocycles. The Morgan fingerprint density at radius 3 is 2.28 bits per heavy atom. The summed E-state index contributed by atoms with van der Waals surface area (Å²) in [7, 11) is -5.63. The van der Waals surface area contributed by atoms with Crippen LogP contribution in [-0.4, -0.2) is 90.0 Å². The van der Waals surface area contributed by atoms with Crippen molar-refractivity contribution in [1.29, 1.82) is 0 Å². The van der Waals surface area contributed by atoms with Crippen LogP contribution < -0.4 is 10.6 Å². The van der Waals surface area contributed by atoms with Gasteiger partial charge < -0.3 is 37.5 Å². The Morgan fingerprint density at radius 2 is 1.59 bits per heavy atom. The van der Waals surface area contributed by atoms with Gasteiger partial charge in [0.1, 0.15) is 6.61 Å².